The van der Waals surface area contributed by atoms with Crippen molar-refractivity contribution in [3.05, 3.63) is 75.0 Å². The molecule has 2 aromatic heterocycles. The molecule has 4 fully saturated rings. The van der Waals surface area contributed by atoms with E-state index in [0.29, 0.717) is 45.0 Å². The highest BCUT2D eigenvalue weighted by molar-refractivity contribution is 6.38. The minimum atomic E-state index is -0.972. The van der Waals surface area contributed by atoms with Crippen molar-refractivity contribution >= 4 is 35.2 Å². The van der Waals surface area contributed by atoms with Crippen LogP contribution >= 0.6 is 23.2 Å². The number of ether oxygens (including phenoxy) is 1. The van der Waals surface area contributed by atoms with Crippen LogP contribution in [0, 0.1) is 11.2 Å². The van der Waals surface area contributed by atoms with E-state index >= 15 is 0 Å². The van der Waals surface area contributed by atoms with Gasteiger partial charge in [0.1, 0.15) is 17.3 Å². The third-order valence-corrected chi connectivity index (χ3v) is 9.22. The lowest BCUT2D eigenvalue weighted by Crippen LogP contribution is -2.46. The van der Waals surface area contributed by atoms with Gasteiger partial charge in [-0.05, 0) is 68.4 Å². The predicted octanol–water partition coefficient (Wildman–Crippen LogP) is 8.01. The zero-order chi connectivity index (χ0) is 27.2. The number of aliphatic carboxylic acids is 1. The van der Waals surface area contributed by atoms with E-state index < -0.39 is 11.8 Å². The fraction of sp³-hybridized carbons (Fsp3) is 0.433. The summed E-state index contributed by atoms with van der Waals surface area (Å²) < 4.78 is 27.1. The first kappa shape index (κ1) is 26.5. The van der Waals surface area contributed by atoms with Crippen LogP contribution < -0.4 is 0 Å². The smallest absolute Gasteiger partial charge is 0.307 e. The highest BCUT2D eigenvalue weighted by Crippen LogP contribution is 2.55. The largest absolute Gasteiger partial charge is 0.481 e. The van der Waals surface area contributed by atoms with Crippen LogP contribution in [0.5, 0.6) is 0 Å². The standard InChI is InChI=1S/C30H29Cl2FN2O4/c31-22-15-34-16-23(32)26(22)27-21(28(39-35-27)20-3-4-20)17-38-30-10-7-29(8-11-30,9-12-30)6-5-19-2-1-18(13-24(19)33)14-25(36)37/h1-2,5-6,13,15-16,20H,3-4,7-12,14,17H2,(H,36,37). The van der Waals surface area contributed by atoms with Crippen LogP contribution in [-0.4, -0.2) is 26.8 Å². The highest BCUT2D eigenvalue weighted by atomic mass is 35.5. The summed E-state index contributed by atoms with van der Waals surface area (Å²) in [6, 6.07) is 4.65. The topological polar surface area (TPSA) is 85.5 Å². The van der Waals surface area contributed by atoms with E-state index in [1.54, 1.807) is 24.5 Å². The molecule has 0 saturated heterocycles. The molecule has 4 aliphatic carbocycles. The van der Waals surface area contributed by atoms with Gasteiger partial charge in [-0.2, -0.15) is 0 Å². The fourth-order valence-corrected chi connectivity index (χ4v) is 6.63. The monoisotopic (exact) mass is 570 g/mol. The molecule has 0 unspecified atom stereocenters. The quantitative estimate of drug-likeness (QED) is 0.280. The molecule has 2 heterocycles. The van der Waals surface area contributed by atoms with E-state index in [9.17, 15) is 9.18 Å². The summed E-state index contributed by atoms with van der Waals surface area (Å²) >= 11 is 12.9. The van der Waals surface area contributed by atoms with Gasteiger partial charge < -0.3 is 14.4 Å². The molecule has 39 heavy (non-hydrogen) atoms. The molecule has 204 valence electrons. The van der Waals surface area contributed by atoms with E-state index in [4.69, 9.17) is 37.6 Å². The summed E-state index contributed by atoms with van der Waals surface area (Å²) in [7, 11) is 0. The number of fused-ring (bicyclic) bond motifs is 3. The van der Waals surface area contributed by atoms with E-state index in [0.717, 1.165) is 62.7 Å². The van der Waals surface area contributed by atoms with Crippen molar-refractivity contribution in [1.82, 2.24) is 10.1 Å². The van der Waals surface area contributed by atoms with Gasteiger partial charge in [0.15, 0.2) is 0 Å². The van der Waals surface area contributed by atoms with Crippen LogP contribution in [0.15, 0.2) is 41.2 Å². The first-order chi connectivity index (χ1) is 18.8. The molecule has 2 bridgehead atoms. The minimum Gasteiger partial charge on any atom is -0.481 e. The molecular formula is C30H29Cl2FN2O4. The Morgan fingerprint density at radius 3 is 2.44 bits per heavy atom. The van der Waals surface area contributed by atoms with Gasteiger partial charge in [-0.15, -0.1) is 0 Å². The van der Waals surface area contributed by atoms with Crippen LogP contribution in [0.25, 0.3) is 17.3 Å². The lowest BCUT2D eigenvalue weighted by Gasteiger charge is -2.52. The second-order valence-electron chi connectivity index (χ2n) is 11.2. The van der Waals surface area contributed by atoms with Crippen molar-refractivity contribution < 1.29 is 23.6 Å². The van der Waals surface area contributed by atoms with Crippen molar-refractivity contribution in [1.29, 1.82) is 0 Å². The second-order valence-corrected chi connectivity index (χ2v) is 12.0. The molecule has 3 aromatic rings. The molecule has 6 nitrogen and oxygen atoms in total. The SMILES string of the molecule is O=C(O)Cc1ccc(C=CC23CCC(OCc4c(-c5c(Cl)cncc5Cl)noc4C4CC4)(CC2)CC3)c(F)c1. The molecule has 0 spiro atoms. The number of aromatic nitrogens is 2. The van der Waals surface area contributed by atoms with Gasteiger partial charge in [-0.25, -0.2) is 4.39 Å². The number of halogens is 3. The lowest BCUT2D eigenvalue weighted by molar-refractivity contribution is -0.136. The number of rotatable bonds is 9. The number of nitrogens with zero attached hydrogens (tertiary/aromatic N) is 2. The molecule has 4 saturated carbocycles. The van der Waals surface area contributed by atoms with Crippen LogP contribution in [-0.2, 0) is 22.6 Å². The number of carboxylic acids is 1. The first-order valence-corrected chi connectivity index (χ1v) is 14.1. The van der Waals surface area contributed by atoms with Crippen molar-refractivity contribution in [2.75, 3.05) is 0 Å². The van der Waals surface area contributed by atoms with Crippen molar-refractivity contribution in [2.24, 2.45) is 5.41 Å². The zero-order valence-corrected chi connectivity index (χ0v) is 22.9. The molecule has 0 radical (unpaired) electrons. The van der Waals surface area contributed by atoms with Crippen molar-refractivity contribution in [3.8, 4) is 11.3 Å². The molecule has 9 heteroatoms. The number of benzene rings is 1. The van der Waals surface area contributed by atoms with E-state index in [2.05, 4.69) is 16.2 Å². The molecule has 1 aromatic carbocycles. The Morgan fingerprint density at radius 1 is 1.13 bits per heavy atom. The maximum Gasteiger partial charge on any atom is 0.307 e. The van der Waals surface area contributed by atoms with Gasteiger partial charge in [0, 0.05) is 35.0 Å². The summed E-state index contributed by atoms with van der Waals surface area (Å²) in [5.74, 6) is -0.141. The zero-order valence-electron chi connectivity index (χ0n) is 21.4. The van der Waals surface area contributed by atoms with Gasteiger partial charge >= 0.3 is 5.97 Å². The van der Waals surface area contributed by atoms with Gasteiger partial charge in [-0.1, -0.05) is 52.6 Å². The molecule has 0 aliphatic heterocycles. The Hall–Kier alpha value is -2.74. The molecule has 7 rings (SSSR count). The summed E-state index contributed by atoms with van der Waals surface area (Å²) in [4.78, 5) is 15.0. The van der Waals surface area contributed by atoms with Gasteiger partial charge in [0.25, 0.3) is 0 Å². The maximum atomic E-state index is 14.6. The molecule has 0 atom stereocenters. The first-order valence-electron chi connectivity index (χ1n) is 13.4. The number of carbonyl (C=O) groups is 1. The normalized spacial score (nSPS) is 24.5. The van der Waals surface area contributed by atoms with Crippen LogP contribution in [0.3, 0.4) is 0 Å². The molecule has 0 amide bonds. The maximum absolute atomic E-state index is 14.6. The Balaban J connectivity index is 1.15. The third-order valence-electron chi connectivity index (χ3n) is 8.65. The Bertz CT molecular complexity index is 1400. The average Bonchev–Trinajstić information content (AvgIpc) is 3.68. The summed E-state index contributed by atoms with van der Waals surface area (Å²) in [6.45, 7) is 0.385. The van der Waals surface area contributed by atoms with Gasteiger partial charge in [0.2, 0.25) is 0 Å². The van der Waals surface area contributed by atoms with Crippen molar-refractivity contribution in [2.45, 2.75) is 75.9 Å². The second kappa shape index (κ2) is 10.3. The summed E-state index contributed by atoms with van der Waals surface area (Å²) in [6.07, 6.45) is 14.8. The van der Waals surface area contributed by atoms with Crippen LogP contribution in [0.2, 0.25) is 10.0 Å². The lowest BCUT2D eigenvalue weighted by atomic mass is 9.58. The number of pyridine rings is 1. The number of allylic oxidation sites excluding steroid dienone is 1. The highest BCUT2D eigenvalue weighted by Gasteiger charge is 2.48. The predicted molar refractivity (Wildman–Crippen MR) is 146 cm³/mol. The van der Waals surface area contributed by atoms with E-state index in [1.807, 2.05) is 6.08 Å². The number of hydrogen-bond donors (Lipinski definition) is 1. The molecular weight excluding hydrogens is 542 g/mol. The number of carboxylic acid groups (broad SMARTS) is 1. The summed E-state index contributed by atoms with van der Waals surface area (Å²) in [5, 5.41) is 14.2. The van der Waals surface area contributed by atoms with Gasteiger partial charge in [0.05, 0.1) is 28.7 Å². The van der Waals surface area contributed by atoms with Crippen molar-refractivity contribution in [3.63, 3.8) is 0 Å². The van der Waals surface area contributed by atoms with Gasteiger partial charge in [-0.3, -0.25) is 9.78 Å². The summed E-state index contributed by atoms with van der Waals surface area (Å²) in [5.41, 5.74) is 2.94. The number of hydrogen-bond acceptors (Lipinski definition) is 5. The molecule has 1 N–H and O–H groups in total. The minimum absolute atomic E-state index is 0.0247. The average molecular weight is 571 g/mol. The Morgan fingerprint density at radius 2 is 1.82 bits per heavy atom. The fourth-order valence-electron chi connectivity index (χ4n) is 6.09. The van der Waals surface area contributed by atoms with E-state index in [1.165, 1.54) is 6.07 Å². The van der Waals surface area contributed by atoms with E-state index in [-0.39, 0.29) is 17.4 Å². The van der Waals surface area contributed by atoms with Crippen LogP contribution in [0.4, 0.5) is 4.39 Å². The third kappa shape index (κ3) is 5.37. The Labute approximate surface area is 236 Å². The molecule has 4 aliphatic rings. The van der Waals surface area contributed by atoms with Crippen LogP contribution in [0.1, 0.15) is 79.7 Å². The Kier molecular flexibility index (Phi) is 7.02.